The Balaban J connectivity index is 2.02. The number of benzene rings is 1. The van der Waals surface area contributed by atoms with E-state index >= 15 is 0 Å². The zero-order valence-electron chi connectivity index (χ0n) is 13.3. The Morgan fingerprint density at radius 1 is 1.29 bits per heavy atom. The van der Waals surface area contributed by atoms with Crippen LogP contribution >= 0.6 is 0 Å². The van der Waals surface area contributed by atoms with Gasteiger partial charge in [0.05, 0.1) is 12.0 Å². The zero-order valence-corrected chi connectivity index (χ0v) is 13.3. The zero-order chi connectivity index (χ0) is 15.2. The number of aryl methyl sites for hydroxylation is 2. The van der Waals surface area contributed by atoms with Crippen LogP contribution in [0.4, 0.5) is 0 Å². The summed E-state index contributed by atoms with van der Waals surface area (Å²) < 4.78 is 0. The maximum Gasteiger partial charge on any atom is 0.224 e. The van der Waals surface area contributed by atoms with Gasteiger partial charge in [-0.3, -0.25) is 4.79 Å². The van der Waals surface area contributed by atoms with Gasteiger partial charge >= 0.3 is 0 Å². The first-order chi connectivity index (χ1) is 10.2. The van der Waals surface area contributed by atoms with Gasteiger partial charge in [-0.15, -0.1) is 0 Å². The molecule has 21 heavy (non-hydrogen) atoms. The first-order valence-electron chi connectivity index (χ1n) is 8.27. The molecule has 116 valence electrons. The highest BCUT2D eigenvalue weighted by Gasteiger charge is 2.19. The van der Waals surface area contributed by atoms with Crippen LogP contribution in [0.5, 0.6) is 0 Å². The van der Waals surface area contributed by atoms with Gasteiger partial charge in [-0.1, -0.05) is 31.5 Å². The molecule has 1 aliphatic rings. The van der Waals surface area contributed by atoms with E-state index in [0.717, 1.165) is 12.8 Å². The van der Waals surface area contributed by atoms with Crippen LogP contribution in [0.2, 0.25) is 0 Å². The third-order valence-corrected chi connectivity index (χ3v) is 4.52. The summed E-state index contributed by atoms with van der Waals surface area (Å²) in [6.45, 7) is 4.57. The molecule has 1 aromatic carbocycles. The molecule has 0 aliphatic heterocycles. The fraction of sp³-hybridized carbons (Fsp3) is 0.611. The van der Waals surface area contributed by atoms with E-state index in [1.54, 1.807) is 0 Å². The number of carbonyl (C=O) groups is 1. The molecule has 0 radical (unpaired) electrons. The van der Waals surface area contributed by atoms with Crippen LogP contribution in [0.1, 0.15) is 62.3 Å². The van der Waals surface area contributed by atoms with Crippen LogP contribution in [0.25, 0.3) is 0 Å². The Morgan fingerprint density at radius 3 is 2.67 bits per heavy atom. The van der Waals surface area contributed by atoms with Crippen molar-refractivity contribution in [1.29, 1.82) is 0 Å². The summed E-state index contributed by atoms with van der Waals surface area (Å²) in [5, 5.41) is 3.12. The predicted octanol–water partition coefficient (Wildman–Crippen LogP) is 3.12. The molecule has 2 atom stereocenters. The van der Waals surface area contributed by atoms with E-state index in [1.165, 1.54) is 42.4 Å². The van der Waals surface area contributed by atoms with Gasteiger partial charge in [-0.25, -0.2) is 0 Å². The second kappa shape index (κ2) is 7.60. The molecule has 0 fully saturated rings. The van der Waals surface area contributed by atoms with E-state index in [0.29, 0.717) is 6.54 Å². The van der Waals surface area contributed by atoms with Crippen molar-refractivity contribution < 1.29 is 4.79 Å². The number of hydrogen-bond acceptors (Lipinski definition) is 2. The molecule has 0 bridgehead atoms. The molecular weight excluding hydrogens is 260 g/mol. The Morgan fingerprint density at radius 2 is 2.00 bits per heavy atom. The molecule has 0 aromatic heterocycles. The minimum absolute atomic E-state index is 0.0515. The maximum absolute atomic E-state index is 12.2. The van der Waals surface area contributed by atoms with Gasteiger partial charge in [0.1, 0.15) is 0 Å². The van der Waals surface area contributed by atoms with Crippen LogP contribution in [0, 0.1) is 5.92 Å². The average molecular weight is 288 g/mol. The number of nitrogens with two attached hydrogens (primary N) is 1. The van der Waals surface area contributed by atoms with Crippen molar-refractivity contribution >= 4 is 5.91 Å². The number of nitrogens with one attached hydrogen (secondary N) is 1. The van der Waals surface area contributed by atoms with Gasteiger partial charge in [-0.05, 0) is 55.7 Å². The van der Waals surface area contributed by atoms with Gasteiger partial charge in [0, 0.05) is 6.54 Å². The van der Waals surface area contributed by atoms with E-state index < -0.39 is 0 Å². The van der Waals surface area contributed by atoms with Gasteiger partial charge < -0.3 is 11.1 Å². The van der Waals surface area contributed by atoms with Crippen LogP contribution in [0.15, 0.2) is 18.2 Å². The molecule has 1 aliphatic carbocycles. The van der Waals surface area contributed by atoms with E-state index in [9.17, 15) is 4.79 Å². The smallest absolute Gasteiger partial charge is 0.224 e. The monoisotopic (exact) mass is 288 g/mol. The fourth-order valence-electron chi connectivity index (χ4n) is 3.14. The van der Waals surface area contributed by atoms with Crippen LogP contribution in [0.3, 0.4) is 0 Å². The van der Waals surface area contributed by atoms with Gasteiger partial charge in [-0.2, -0.15) is 0 Å². The summed E-state index contributed by atoms with van der Waals surface area (Å²) in [6, 6.07) is 6.72. The molecule has 0 saturated heterocycles. The number of carbonyl (C=O) groups excluding carboxylic acids is 1. The van der Waals surface area contributed by atoms with Gasteiger partial charge in [0.15, 0.2) is 0 Å². The number of fused-ring (bicyclic) bond motifs is 1. The quantitative estimate of drug-likeness (QED) is 0.845. The summed E-state index contributed by atoms with van der Waals surface area (Å²) in [4.78, 5) is 12.2. The Labute approximate surface area is 128 Å². The number of amides is 1. The Bertz CT molecular complexity index is 484. The molecule has 0 saturated carbocycles. The second-order valence-corrected chi connectivity index (χ2v) is 6.19. The van der Waals surface area contributed by atoms with Crippen molar-refractivity contribution in [2.45, 2.75) is 58.4 Å². The SMILES string of the molecule is CCCC(CN)C(=O)NC(C)c1ccc2c(c1)CCCC2. The molecule has 2 unspecified atom stereocenters. The largest absolute Gasteiger partial charge is 0.349 e. The molecule has 0 spiro atoms. The maximum atomic E-state index is 12.2. The fourth-order valence-corrected chi connectivity index (χ4v) is 3.14. The number of hydrogen-bond donors (Lipinski definition) is 2. The van der Waals surface area contributed by atoms with Gasteiger partial charge in [0.25, 0.3) is 0 Å². The molecule has 3 N–H and O–H groups in total. The van der Waals surface area contributed by atoms with Crippen molar-refractivity contribution in [3.8, 4) is 0 Å². The molecular formula is C18H28N2O. The van der Waals surface area contributed by atoms with Crippen LogP contribution in [-0.2, 0) is 17.6 Å². The lowest BCUT2D eigenvalue weighted by atomic mass is 9.89. The topological polar surface area (TPSA) is 55.1 Å². The van der Waals surface area contributed by atoms with E-state index in [-0.39, 0.29) is 17.9 Å². The average Bonchev–Trinajstić information content (AvgIpc) is 2.51. The highest BCUT2D eigenvalue weighted by atomic mass is 16.1. The van der Waals surface area contributed by atoms with E-state index in [4.69, 9.17) is 5.73 Å². The summed E-state index contributed by atoms with van der Waals surface area (Å²) in [7, 11) is 0. The van der Waals surface area contributed by atoms with Crippen LogP contribution in [-0.4, -0.2) is 12.5 Å². The highest BCUT2D eigenvalue weighted by molar-refractivity contribution is 5.79. The molecule has 1 amide bonds. The molecule has 0 heterocycles. The van der Waals surface area contributed by atoms with Gasteiger partial charge in [0.2, 0.25) is 5.91 Å². The highest BCUT2D eigenvalue weighted by Crippen LogP contribution is 2.25. The Hall–Kier alpha value is -1.35. The normalized spacial score (nSPS) is 16.9. The minimum Gasteiger partial charge on any atom is -0.349 e. The van der Waals surface area contributed by atoms with Crippen molar-refractivity contribution in [2.75, 3.05) is 6.54 Å². The molecule has 3 heteroatoms. The van der Waals surface area contributed by atoms with E-state index in [1.807, 2.05) is 0 Å². The third kappa shape index (κ3) is 4.07. The van der Waals surface area contributed by atoms with Crippen molar-refractivity contribution in [3.05, 3.63) is 34.9 Å². The second-order valence-electron chi connectivity index (χ2n) is 6.19. The molecule has 2 rings (SSSR count). The van der Waals surface area contributed by atoms with E-state index in [2.05, 4.69) is 37.4 Å². The standard InChI is InChI=1S/C18H28N2O/c1-3-6-17(12-19)18(21)20-13(2)15-10-9-14-7-4-5-8-16(14)11-15/h9-11,13,17H,3-8,12,19H2,1-2H3,(H,20,21). The third-order valence-electron chi connectivity index (χ3n) is 4.52. The Kier molecular flexibility index (Phi) is 5.80. The summed E-state index contributed by atoms with van der Waals surface area (Å²) in [5.74, 6) is 0.0275. The van der Waals surface area contributed by atoms with Crippen LogP contribution < -0.4 is 11.1 Å². The lowest BCUT2D eigenvalue weighted by molar-refractivity contribution is -0.125. The molecule has 1 aromatic rings. The summed E-state index contributed by atoms with van der Waals surface area (Å²) >= 11 is 0. The first kappa shape index (κ1) is 16.0. The molecule has 3 nitrogen and oxygen atoms in total. The van der Waals surface area contributed by atoms with Crippen molar-refractivity contribution in [1.82, 2.24) is 5.32 Å². The summed E-state index contributed by atoms with van der Waals surface area (Å²) in [6.07, 6.45) is 6.80. The first-order valence-corrected chi connectivity index (χ1v) is 8.27. The predicted molar refractivity (Wildman–Crippen MR) is 87.1 cm³/mol. The minimum atomic E-state index is -0.0601. The summed E-state index contributed by atoms with van der Waals surface area (Å²) in [5.41, 5.74) is 9.85. The van der Waals surface area contributed by atoms with Crippen molar-refractivity contribution in [2.24, 2.45) is 11.7 Å². The number of rotatable bonds is 6. The van der Waals surface area contributed by atoms with Crippen molar-refractivity contribution in [3.63, 3.8) is 0 Å². The lowest BCUT2D eigenvalue weighted by Gasteiger charge is -2.22. The lowest BCUT2D eigenvalue weighted by Crippen LogP contribution is -2.36.